The maximum absolute atomic E-state index is 11.6. The molecule has 0 amide bonds. The summed E-state index contributed by atoms with van der Waals surface area (Å²) in [7, 11) is 0.756. The third-order valence-electron chi connectivity index (χ3n) is 3.71. The Labute approximate surface area is 130 Å². The predicted octanol–water partition coefficient (Wildman–Crippen LogP) is 0.811. The second-order valence-electron chi connectivity index (χ2n) is 5.34. The fourth-order valence-corrected chi connectivity index (χ4v) is 5.18. The quantitative estimate of drug-likeness (QED) is 0.745. The maximum atomic E-state index is 11.6. The van der Waals surface area contributed by atoms with Crippen molar-refractivity contribution < 1.29 is 13.2 Å². The summed E-state index contributed by atoms with van der Waals surface area (Å²) in [5, 5.41) is 4.21. The van der Waals surface area contributed by atoms with E-state index in [2.05, 4.69) is 10.3 Å². The van der Waals surface area contributed by atoms with E-state index in [0.717, 1.165) is 23.9 Å². The number of nitrogens with zero attached hydrogens (tertiary/aromatic N) is 2. The second kappa shape index (κ2) is 7.04. The van der Waals surface area contributed by atoms with E-state index in [4.69, 9.17) is 4.74 Å². The summed E-state index contributed by atoms with van der Waals surface area (Å²) in [4.78, 5) is 7.78. The van der Waals surface area contributed by atoms with Crippen molar-refractivity contribution in [1.29, 1.82) is 0 Å². The van der Waals surface area contributed by atoms with Crippen molar-refractivity contribution in [2.45, 2.75) is 25.9 Å². The van der Waals surface area contributed by atoms with E-state index in [-0.39, 0.29) is 17.5 Å². The molecule has 6 nitrogen and oxygen atoms in total. The van der Waals surface area contributed by atoms with Crippen LogP contribution in [-0.4, -0.2) is 58.3 Å². The molecule has 1 N–H and O–H groups in total. The SMILES string of the molecule is COCCNCc1sc(N(C)C2CCS(=O)(=O)C2)nc1C. The third kappa shape index (κ3) is 4.38. The standard InChI is InChI=1S/C13H23N3O3S2/c1-10-12(8-14-5-6-19-3)20-13(15-10)16(2)11-4-7-21(17,18)9-11/h11,14H,4-9H2,1-3H3. The Kier molecular flexibility index (Phi) is 5.59. The number of hydrogen-bond acceptors (Lipinski definition) is 7. The number of aromatic nitrogens is 1. The highest BCUT2D eigenvalue weighted by Gasteiger charge is 2.32. The maximum Gasteiger partial charge on any atom is 0.185 e. The zero-order valence-corrected chi connectivity index (χ0v) is 14.4. The van der Waals surface area contributed by atoms with Crippen LogP contribution >= 0.6 is 11.3 Å². The van der Waals surface area contributed by atoms with Crippen LogP contribution in [0.25, 0.3) is 0 Å². The van der Waals surface area contributed by atoms with E-state index in [0.29, 0.717) is 13.0 Å². The monoisotopic (exact) mass is 333 g/mol. The van der Waals surface area contributed by atoms with Crippen LogP contribution in [0.4, 0.5) is 5.13 Å². The minimum Gasteiger partial charge on any atom is -0.383 e. The topological polar surface area (TPSA) is 71.5 Å². The molecule has 0 aliphatic carbocycles. The lowest BCUT2D eigenvalue weighted by Crippen LogP contribution is -2.32. The van der Waals surface area contributed by atoms with Crippen molar-refractivity contribution in [1.82, 2.24) is 10.3 Å². The molecule has 0 bridgehead atoms. The molecule has 1 saturated heterocycles. The minimum atomic E-state index is -2.86. The molecule has 1 aliphatic rings. The predicted molar refractivity (Wildman–Crippen MR) is 85.9 cm³/mol. The van der Waals surface area contributed by atoms with Crippen molar-refractivity contribution in [3.63, 3.8) is 0 Å². The summed E-state index contributed by atoms with van der Waals surface area (Å²) >= 11 is 1.63. The van der Waals surface area contributed by atoms with Gasteiger partial charge in [0.1, 0.15) is 0 Å². The van der Waals surface area contributed by atoms with E-state index >= 15 is 0 Å². The molecule has 1 aromatic heterocycles. The summed E-state index contributed by atoms with van der Waals surface area (Å²) in [6, 6.07) is 0.0508. The highest BCUT2D eigenvalue weighted by atomic mass is 32.2. The molecule has 0 radical (unpaired) electrons. The minimum absolute atomic E-state index is 0.0508. The van der Waals surface area contributed by atoms with Crippen LogP contribution in [0.3, 0.4) is 0 Å². The molecule has 120 valence electrons. The van der Waals surface area contributed by atoms with Crippen LogP contribution in [0.2, 0.25) is 0 Å². The smallest absolute Gasteiger partial charge is 0.185 e. The summed E-state index contributed by atoms with van der Waals surface area (Å²) in [5.41, 5.74) is 1.01. The number of sulfone groups is 1. The van der Waals surface area contributed by atoms with Gasteiger partial charge in [-0.15, -0.1) is 11.3 Å². The van der Waals surface area contributed by atoms with E-state index in [1.807, 2.05) is 18.9 Å². The number of rotatable bonds is 7. The van der Waals surface area contributed by atoms with Crippen LogP contribution in [0, 0.1) is 6.92 Å². The first kappa shape index (κ1) is 16.7. The molecular formula is C13H23N3O3S2. The van der Waals surface area contributed by atoms with Gasteiger partial charge in [-0.25, -0.2) is 13.4 Å². The zero-order chi connectivity index (χ0) is 15.5. The molecule has 1 unspecified atom stereocenters. The Bertz CT molecular complexity index is 571. The molecule has 0 aromatic carbocycles. The van der Waals surface area contributed by atoms with E-state index < -0.39 is 9.84 Å². The number of anilines is 1. The number of hydrogen-bond donors (Lipinski definition) is 1. The van der Waals surface area contributed by atoms with Gasteiger partial charge in [0.25, 0.3) is 0 Å². The third-order valence-corrected chi connectivity index (χ3v) is 6.71. The molecule has 2 heterocycles. The first-order chi connectivity index (χ1) is 9.93. The molecule has 0 spiro atoms. The molecule has 1 fully saturated rings. The Balaban J connectivity index is 1.97. The van der Waals surface area contributed by atoms with E-state index in [1.54, 1.807) is 18.4 Å². The fourth-order valence-electron chi connectivity index (χ4n) is 2.34. The van der Waals surface area contributed by atoms with Crippen molar-refractivity contribution in [3.05, 3.63) is 10.6 Å². The van der Waals surface area contributed by atoms with Gasteiger partial charge >= 0.3 is 0 Å². The first-order valence-corrected chi connectivity index (χ1v) is 9.66. The summed E-state index contributed by atoms with van der Waals surface area (Å²) in [5.74, 6) is 0.529. The van der Waals surface area contributed by atoms with Crippen LogP contribution in [-0.2, 0) is 21.1 Å². The van der Waals surface area contributed by atoms with E-state index in [1.165, 1.54) is 4.88 Å². The summed E-state index contributed by atoms with van der Waals surface area (Å²) < 4.78 is 28.2. The lowest BCUT2D eigenvalue weighted by Gasteiger charge is -2.22. The summed E-state index contributed by atoms with van der Waals surface area (Å²) in [6.45, 7) is 4.25. The number of nitrogens with one attached hydrogen (secondary N) is 1. The van der Waals surface area contributed by atoms with Gasteiger partial charge in [0.2, 0.25) is 0 Å². The molecule has 0 saturated carbocycles. The van der Waals surface area contributed by atoms with Gasteiger partial charge in [-0.1, -0.05) is 0 Å². The van der Waals surface area contributed by atoms with Gasteiger partial charge in [-0.2, -0.15) is 0 Å². The lowest BCUT2D eigenvalue weighted by molar-refractivity contribution is 0.199. The Morgan fingerprint density at radius 1 is 1.52 bits per heavy atom. The van der Waals surface area contributed by atoms with Crippen LogP contribution < -0.4 is 10.2 Å². The van der Waals surface area contributed by atoms with Gasteiger partial charge in [0, 0.05) is 38.2 Å². The summed E-state index contributed by atoms with van der Waals surface area (Å²) in [6.07, 6.45) is 0.693. The number of aryl methyl sites for hydroxylation is 1. The molecule has 2 rings (SSSR count). The van der Waals surface area contributed by atoms with Gasteiger partial charge in [-0.05, 0) is 13.3 Å². The van der Waals surface area contributed by atoms with Gasteiger partial charge < -0.3 is 15.0 Å². The lowest BCUT2D eigenvalue weighted by atomic mass is 10.2. The molecular weight excluding hydrogens is 310 g/mol. The normalized spacial score (nSPS) is 20.8. The first-order valence-electron chi connectivity index (χ1n) is 7.02. The zero-order valence-electron chi connectivity index (χ0n) is 12.8. The number of methoxy groups -OCH3 is 1. The molecule has 21 heavy (non-hydrogen) atoms. The Hall–Kier alpha value is -0.700. The molecule has 1 aliphatic heterocycles. The number of thiazole rings is 1. The average Bonchev–Trinajstić information content (AvgIpc) is 2.97. The van der Waals surface area contributed by atoms with Crippen molar-refractivity contribution >= 4 is 26.3 Å². The van der Waals surface area contributed by atoms with E-state index in [9.17, 15) is 8.42 Å². The number of ether oxygens (including phenoxy) is 1. The van der Waals surface area contributed by atoms with Gasteiger partial charge in [0.15, 0.2) is 15.0 Å². The van der Waals surface area contributed by atoms with Gasteiger partial charge in [-0.3, -0.25) is 0 Å². The van der Waals surface area contributed by atoms with Crippen molar-refractivity contribution in [2.24, 2.45) is 0 Å². The van der Waals surface area contributed by atoms with Crippen LogP contribution in [0.5, 0.6) is 0 Å². The van der Waals surface area contributed by atoms with Gasteiger partial charge in [0.05, 0.1) is 23.8 Å². The fraction of sp³-hybridized carbons (Fsp3) is 0.769. The highest BCUT2D eigenvalue weighted by molar-refractivity contribution is 7.91. The van der Waals surface area contributed by atoms with Crippen LogP contribution in [0.15, 0.2) is 0 Å². The molecule has 1 atom stereocenters. The van der Waals surface area contributed by atoms with Crippen molar-refractivity contribution in [2.75, 3.05) is 43.7 Å². The molecule has 1 aromatic rings. The second-order valence-corrected chi connectivity index (χ2v) is 8.63. The largest absolute Gasteiger partial charge is 0.383 e. The highest BCUT2D eigenvalue weighted by Crippen LogP contribution is 2.29. The Morgan fingerprint density at radius 3 is 2.90 bits per heavy atom. The van der Waals surface area contributed by atoms with Crippen LogP contribution in [0.1, 0.15) is 17.0 Å². The van der Waals surface area contributed by atoms with Crippen molar-refractivity contribution in [3.8, 4) is 0 Å². The Morgan fingerprint density at radius 2 is 2.29 bits per heavy atom. The average molecular weight is 333 g/mol. The molecule has 8 heteroatoms.